The Bertz CT molecular complexity index is 1530. The predicted molar refractivity (Wildman–Crippen MR) is 126 cm³/mol. The summed E-state index contributed by atoms with van der Waals surface area (Å²) >= 11 is 6.17. The van der Waals surface area contributed by atoms with E-state index in [0.29, 0.717) is 22.8 Å². The monoisotopic (exact) mass is 494 g/mol. The highest BCUT2D eigenvalue weighted by Gasteiger charge is 2.22. The number of anilines is 1. The summed E-state index contributed by atoms with van der Waals surface area (Å²) in [5.74, 6) is -3.08. The van der Waals surface area contributed by atoms with Crippen molar-refractivity contribution in [2.45, 2.75) is 5.92 Å². The van der Waals surface area contributed by atoms with Crippen LogP contribution in [0.25, 0.3) is 22.1 Å². The third-order valence-electron chi connectivity index (χ3n) is 5.20. The molecule has 2 aromatic carbocycles. The Morgan fingerprint density at radius 3 is 2.63 bits per heavy atom. The number of halogens is 2. The number of rotatable bonds is 6. The van der Waals surface area contributed by atoms with Crippen LogP contribution in [0.5, 0.6) is 0 Å². The standard InChI is InChI=1S/C25H16ClFN2O6/c1-34-25(33)14-6-7-28-22(9-14)29-24(32)19(12-30)13-2-4-17-18(11-23(31)35-21(17)8-13)16-5-3-15(27)10-20(16)26/h2-12,19H,1H3,(H,28,29,32). The Morgan fingerprint density at radius 2 is 1.91 bits per heavy atom. The molecular formula is C25H16ClFN2O6. The zero-order valence-corrected chi connectivity index (χ0v) is 18.8. The summed E-state index contributed by atoms with van der Waals surface area (Å²) < 4.78 is 23.4. The molecule has 1 atom stereocenters. The number of nitrogens with zero attached hydrogens (tertiary/aromatic N) is 1. The molecule has 176 valence electrons. The smallest absolute Gasteiger partial charge is 0.338 e. The Morgan fingerprint density at radius 1 is 1.11 bits per heavy atom. The predicted octanol–water partition coefficient (Wildman–Crippen LogP) is 4.36. The van der Waals surface area contributed by atoms with Crippen molar-refractivity contribution in [1.82, 2.24) is 4.98 Å². The molecule has 0 aliphatic carbocycles. The fraction of sp³-hybridized carbons (Fsp3) is 0.0800. The molecule has 10 heteroatoms. The molecule has 35 heavy (non-hydrogen) atoms. The van der Waals surface area contributed by atoms with Gasteiger partial charge in [-0.2, -0.15) is 0 Å². The van der Waals surface area contributed by atoms with Crippen molar-refractivity contribution in [3.63, 3.8) is 0 Å². The molecule has 2 heterocycles. The van der Waals surface area contributed by atoms with E-state index in [-0.39, 0.29) is 27.6 Å². The van der Waals surface area contributed by atoms with Gasteiger partial charge in [-0.3, -0.25) is 4.79 Å². The lowest BCUT2D eigenvalue weighted by molar-refractivity contribution is -0.122. The van der Waals surface area contributed by atoms with E-state index in [2.05, 4.69) is 15.0 Å². The lowest BCUT2D eigenvalue weighted by Crippen LogP contribution is -2.23. The van der Waals surface area contributed by atoms with Crippen LogP contribution in [0.1, 0.15) is 21.8 Å². The summed E-state index contributed by atoms with van der Waals surface area (Å²) in [6.07, 6.45) is 1.74. The van der Waals surface area contributed by atoms with Gasteiger partial charge in [0.15, 0.2) is 0 Å². The average molecular weight is 495 g/mol. The number of pyridine rings is 1. The molecule has 0 spiro atoms. The third kappa shape index (κ3) is 4.95. The van der Waals surface area contributed by atoms with Gasteiger partial charge in [0.2, 0.25) is 5.91 Å². The van der Waals surface area contributed by atoms with Crippen molar-refractivity contribution in [3.05, 3.63) is 93.2 Å². The van der Waals surface area contributed by atoms with Gasteiger partial charge in [0.25, 0.3) is 0 Å². The number of carbonyl (C=O) groups is 3. The molecule has 8 nitrogen and oxygen atoms in total. The number of hydrogen-bond donors (Lipinski definition) is 1. The first-order valence-corrected chi connectivity index (χ1v) is 10.5. The molecule has 0 aliphatic rings. The van der Waals surface area contributed by atoms with Crippen molar-refractivity contribution in [3.8, 4) is 11.1 Å². The first kappa shape index (κ1) is 23.8. The molecule has 0 saturated heterocycles. The zero-order chi connectivity index (χ0) is 25.1. The molecular weight excluding hydrogens is 479 g/mol. The summed E-state index contributed by atoms with van der Waals surface area (Å²) in [7, 11) is 1.22. The number of carbonyl (C=O) groups excluding carboxylic acids is 3. The van der Waals surface area contributed by atoms with E-state index in [1.165, 1.54) is 55.8 Å². The lowest BCUT2D eigenvalue weighted by Gasteiger charge is -2.13. The Kier molecular flexibility index (Phi) is 6.70. The molecule has 0 radical (unpaired) electrons. The van der Waals surface area contributed by atoms with Crippen LogP contribution in [0.15, 0.2) is 70.0 Å². The number of amides is 1. The van der Waals surface area contributed by atoms with Crippen LogP contribution in [-0.4, -0.2) is 30.3 Å². The van der Waals surface area contributed by atoms with Gasteiger partial charge >= 0.3 is 11.6 Å². The van der Waals surface area contributed by atoms with E-state index in [4.69, 9.17) is 16.0 Å². The van der Waals surface area contributed by atoms with E-state index in [1.54, 1.807) is 6.07 Å². The average Bonchev–Trinajstić information content (AvgIpc) is 2.83. The van der Waals surface area contributed by atoms with E-state index in [1.807, 2.05) is 0 Å². The number of ether oxygens (including phenoxy) is 1. The number of hydrogen-bond acceptors (Lipinski definition) is 7. The molecule has 1 N–H and O–H groups in total. The van der Waals surface area contributed by atoms with Crippen LogP contribution in [0.4, 0.5) is 10.2 Å². The maximum Gasteiger partial charge on any atom is 0.338 e. The third-order valence-corrected chi connectivity index (χ3v) is 5.51. The highest BCUT2D eigenvalue weighted by Crippen LogP contribution is 2.34. The molecule has 4 rings (SSSR count). The summed E-state index contributed by atoms with van der Waals surface area (Å²) in [6.45, 7) is 0. The number of fused-ring (bicyclic) bond motifs is 1. The van der Waals surface area contributed by atoms with Gasteiger partial charge in [0.05, 0.1) is 17.7 Å². The van der Waals surface area contributed by atoms with Crippen LogP contribution in [0.3, 0.4) is 0 Å². The second kappa shape index (κ2) is 9.86. The minimum Gasteiger partial charge on any atom is -0.465 e. The first-order valence-electron chi connectivity index (χ1n) is 10.1. The number of nitrogens with one attached hydrogen (secondary N) is 1. The largest absolute Gasteiger partial charge is 0.465 e. The normalized spacial score (nSPS) is 11.6. The van der Waals surface area contributed by atoms with Gasteiger partial charge in [-0.25, -0.2) is 19.0 Å². The quantitative estimate of drug-likeness (QED) is 0.183. The number of benzene rings is 2. The van der Waals surface area contributed by atoms with Crippen LogP contribution < -0.4 is 10.9 Å². The van der Waals surface area contributed by atoms with Crippen molar-refractivity contribution in [2.75, 3.05) is 12.4 Å². The first-order chi connectivity index (χ1) is 16.8. The lowest BCUT2D eigenvalue weighted by atomic mass is 9.95. The molecule has 0 fully saturated rings. The van der Waals surface area contributed by atoms with E-state index >= 15 is 0 Å². The molecule has 0 bridgehead atoms. The highest BCUT2D eigenvalue weighted by atomic mass is 35.5. The Labute approximate surface area is 202 Å². The Balaban J connectivity index is 1.70. The molecule has 2 aromatic heterocycles. The van der Waals surface area contributed by atoms with Crippen molar-refractivity contribution in [1.29, 1.82) is 0 Å². The molecule has 1 amide bonds. The fourth-order valence-electron chi connectivity index (χ4n) is 3.54. The molecule has 4 aromatic rings. The zero-order valence-electron chi connectivity index (χ0n) is 18.1. The molecule has 0 aliphatic heterocycles. The van der Waals surface area contributed by atoms with Gasteiger partial charge in [0, 0.05) is 28.8 Å². The maximum absolute atomic E-state index is 13.5. The number of esters is 1. The van der Waals surface area contributed by atoms with Gasteiger partial charge in [0.1, 0.15) is 29.4 Å². The topological polar surface area (TPSA) is 116 Å². The minimum atomic E-state index is -1.27. The second-order valence-corrected chi connectivity index (χ2v) is 7.79. The second-order valence-electron chi connectivity index (χ2n) is 7.38. The van der Waals surface area contributed by atoms with Crippen molar-refractivity contribution < 1.29 is 27.9 Å². The van der Waals surface area contributed by atoms with Crippen LogP contribution >= 0.6 is 11.6 Å². The molecule has 1 unspecified atom stereocenters. The van der Waals surface area contributed by atoms with Crippen molar-refractivity contribution in [2.24, 2.45) is 0 Å². The summed E-state index contributed by atoms with van der Waals surface area (Å²) in [5.41, 5.74) is 0.653. The highest BCUT2D eigenvalue weighted by molar-refractivity contribution is 6.33. The maximum atomic E-state index is 13.5. The van der Waals surface area contributed by atoms with Gasteiger partial charge < -0.3 is 19.3 Å². The summed E-state index contributed by atoms with van der Waals surface area (Å²) in [4.78, 5) is 52.5. The van der Waals surface area contributed by atoms with Crippen LogP contribution in [0, 0.1) is 5.82 Å². The summed E-state index contributed by atoms with van der Waals surface area (Å²) in [6, 6.07) is 12.2. The van der Waals surface area contributed by atoms with Crippen molar-refractivity contribution >= 4 is 46.6 Å². The van der Waals surface area contributed by atoms with Gasteiger partial charge in [-0.15, -0.1) is 0 Å². The SMILES string of the molecule is COC(=O)c1ccnc(NC(=O)C(C=O)c2ccc3c(-c4ccc(F)cc4Cl)cc(=O)oc3c2)c1. The number of aldehydes is 1. The van der Waals surface area contributed by atoms with E-state index in [0.717, 1.165) is 6.07 Å². The fourth-order valence-corrected chi connectivity index (χ4v) is 3.81. The Hall–Kier alpha value is -4.37. The van der Waals surface area contributed by atoms with E-state index in [9.17, 15) is 23.6 Å². The number of methoxy groups -OCH3 is 1. The van der Waals surface area contributed by atoms with Crippen LogP contribution in [0.2, 0.25) is 5.02 Å². The minimum absolute atomic E-state index is 0.0466. The van der Waals surface area contributed by atoms with Gasteiger partial charge in [-0.05, 0) is 42.0 Å². The summed E-state index contributed by atoms with van der Waals surface area (Å²) in [5, 5.41) is 3.06. The van der Waals surface area contributed by atoms with Gasteiger partial charge in [-0.1, -0.05) is 23.7 Å². The van der Waals surface area contributed by atoms with Crippen LogP contribution in [-0.2, 0) is 14.3 Å². The number of aromatic nitrogens is 1. The molecule has 0 saturated carbocycles. The van der Waals surface area contributed by atoms with E-state index < -0.39 is 29.2 Å².